The lowest BCUT2D eigenvalue weighted by Crippen LogP contribution is -2.27. The van der Waals surface area contributed by atoms with Crippen LogP contribution in [0.1, 0.15) is 28.8 Å². The van der Waals surface area contributed by atoms with E-state index in [9.17, 15) is 14.4 Å². The number of aromatic amines is 2. The second-order valence-corrected chi connectivity index (χ2v) is 6.77. The Kier molecular flexibility index (Phi) is 4.24. The third kappa shape index (κ3) is 3.33. The summed E-state index contributed by atoms with van der Waals surface area (Å²) in [4.78, 5) is 40.1. The van der Waals surface area contributed by atoms with Gasteiger partial charge >= 0.3 is 5.69 Å². The summed E-state index contributed by atoms with van der Waals surface area (Å²) in [5, 5.41) is 2.90. The van der Waals surface area contributed by atoms with Crippen LogP contribution < -0.4 is 16.6 Å². The van der Waals surface area contributed by atoms with Crippen LogP contribution in [0.4, 0.5) is 5.69 Å². The fraction of sp³-hybridized carbons (Fsp3) is 0.190. The highest BCUT2D eigenvalue weighted by atomic mass is 16.2. The minimum absolute atomic E-state index is 0.160. The smallest absolute Gasteiger partial charge is 0.325 e. The second-order valence-electron chi connectivity index (χ2n) is 6.77. The van der Waals surface area contributed by atoms with Gasteiger partial charge in [0.2, 0.25) is 5.91 Å². The Labute approximate surface area is 155 Å². The van der Waals surface area contributed by atoms with E-state index in [1.807, 2.05) is 30.3 Å². The number of H-pyrrole nitrogens is 2. The van der Waals surface area contributed by atoms with Crippen LogP contribution in [0, 0.1) is 6.92 Å². The zero-order chi connectivity index (χ0) is 19.0. The molecule has 0 bridgehead atoms. The van der Waals surface area contributed by atoms with E-state index < -0.39 is 11.2 Å². The molecule has 0 aliphatic heterocycles. The Balaban J connectivity index is 1.45. The first-order valence-electron chi connectivity index (χ1n) is 8.84. The number of carbonyl (C=O) groups is 1. The lowest BCUT2D eigenvalue weighted by molar-refractivity contribution is -0.116. The van der Waals surface area contributed by atoms with Gasteiger partial charge in [-0.1, -0.05) is 30.3 Å². The maximum Gasteiger partial charge on any atom is 0.325 e. The molecule has 0 fully saturated rings. The molecule has 1 aliphatic carbocycles. The number of nitrogens with one attached hydrogen (secondary N) is 3. The Hall–Kier alpha value is -3.41. The number of aromatic nitrogens is 2. The molecule has 27 heavy (non-hydrogen) atoms. The molecule has 1 aromatic heterocycles. The van der Waals surface area contributed by atoms with Gasteiger partial charge < -0.3 is 10.3 Å². The average Bonchev–Trinajstić information content (AvgIpc) is 2.98. The molecule has 4 rings (SSSR count). The molecule has 0 spiro atoms. The molecule has 0 saturated carbocycles. The third-order valence-electron chi connectivity index (χ3n) is 4.93. The summed E-state index contributed by atoms with van der Waals surface area (Å²) in [7, 11) is 0. The fourth-order valence-electron chi connectivity index (χ4n) is 3.61. The zero-order valence-corrected chi connectivity index (χ0v) is 14.9. The van der Waals surface area contributed by atoms with Crippen molar-refractivity contribution in [1.82, 2.24) is 9.97 Å². The summed E-state index contributed by atoms with van der Waals surface area (Å²) in [6, 6.07) is 14.2. The van der Waals surface area contributed by atoms with Crippen LogP contribution in [0.3, 0.4) is 0 Å². The largest absolute Gasteiger partial charge is 0.326 e. The third-order valence-corrected chi connectivity index (χ3v) is 4.93. The van der Waals surface area contributed by atoms with E-state index >= 15 is 0 Å². The Morgan fingerprint density at radius 3 is 2.63 bits per heavy atom. The molecule has 6 nitrogen and oxygen atoms in total. The monoisotopic (exact) mass is 361 g/mol. The minimum Gasteiger partial charge on any atom is -0.326 e. The van der Waals surface area contributed by atoms with Crippen molar-refractivity contribution in [2.75, 3.05) is 5.32 Å². The second kappa shape index (κ2) is 6.72. The molecule has 0 radical (unpaired) electrons. The van der Waals surface area contributed by atoms with Gasteiger partial charge in [0.05, 0.1) is 0 Å². The van der Waals surface area contributed by atoms with Crippen molar-refractivity contribution in [3.63, 3.8) is 0 Å². The lowest BCUT2D eigenvalue weighted by Gasteiger charge is -2.08. The van der Waals surface area contributed by atoms with Crippen LogP contribution in [-0.2, 0) is 17.6 Å². The number of aryl methyl sites for hydroxylation is 1. The number of benzene rings is 2. The number of fused-ring (bicyclic) bond motifs is 3. The van der Waals surface area contributed by atoms with Crippen molar-refractivity contribution in [2.45, 2.75) is 26.2 Å². The Morgan fingerprint density at radius 2 is 1.81 bits per heavy atom. The van der Waals surface area contributed by atoms with Crippen LogP contribution in [0.25, 0.3) is 11.1 Å². The van der Waals surface area contributed by atoms with Crippen molar-refractivity contribution in [3.8, 4) is 11.1 Å². The van der Waals surface area contributed by atoms with E-state index in [4.69, 9.17) is 0 Å². The molecule has 3 aromatic rings. The summed E-state index contributed by atoms with van der Waals surface area (Å²) in [5.74, 6) is -0.171. The average molecular weight is 361 g/mol. The molecule has 6 heteroatoms. The predicted octanol–water partition coefficient (Wildman–Crippen LogP) is 2.51. The van der Waals surface area contributed by atoms with Crippen LogP contribution >= 0.6 is 0 Å². The van der Waals surface area contributed by atoms with Gasteiger partial charge in [0, 0.05) is 23.4 Å². The number of rotatable bonds is 4. The molecular weight excluding hydrogens is 342 g/mol. The van der Waals surface area contributed by atoms with E-state index in [1.54, 1.807) is 6.92 Å². The van der Waals surface area contributed by atoms with Gasteiger partial charge in [0.1, 0.15) is 0 Å². The van der Waals surface area contributed by atoms with Crippen LogP contribution in [-0.4, -0.2) is 15.9 Å². The molecule has 2 aromatic carbocycles. The van der Waals surface area contributed by atoms with Crippen molar-refractivity contribution in [1.29, 1.82) is 0 Å². The Bertz CT molecular complexity index is 1160. The molecule has 1 heterocycles. The molecule has 136 valence electrons. The summed E-state index contributed by atoms with van der Waals surface area (Å²) >= 11 is 0. The number of hydrogen-bond acceptors (Lipinski definition) is 3. The molecule has 3 N–H and O–H groups in total. The van der Waals surface area contributed by atoms with E-state index in [-0.39, 0.29) is 18.7 Å². The normalized spacial score (nSPS) is 11.7. The number of carbonyl (C=O) groups excluding carboxylic acids is 1. The molecule has 0 saturated heterocycles. The lowest BCUT2D eigenvalue weighted by atomic mass is 10.1. The maximum atomic E-state index is 12.3. The molecule has 0 unspecified atom stereocenters. The van der Waals surface area contributed by atoms with Gasteiger partial charge in [-0.2, -0.15) is 0 Å². The first-order valence-corrected chi connectivity index (χ1v) is 8.84. The van der Waals surface area contributed by atoms with Gasteiger partial charge in [-0.25, -0.2) is 4.79 Å². The highest BCUT2D eigenvalue weighted by Gasteiger charge is 2.18. The van der Waals surface area contributed by atoms with Crippen molar-refractivity contribution in [3.05, 3.63) is 85.7 Å². The number of hydrogen-bond donors (Lipinski definition) is 3. The van der Waals surface area contributed by atoms with Crippen LogP contribution in [0.15, 0.2) is 52.1 Å². The van der Waals surface area contributed by atoms with Crippen molar-refractivity contribution >= 4 is 11.6 Å². The predicted molar refractivity (Wildman–Crippen MR) is 104 cm³/mol. The summed E-state index contributed by atoms with van der Waals surface area (Å²) in [5.41, 5.74) is 5.63. The van der Waals surface area contributed by atoms with Gasteiger partial charge in [-0.15, -0.1) is 0 Å². The van der Waals surface area contributed by atoms with Crippen LogP contribution in [0.2, 0.25) is 0 Å². The molecule has 0 atom stereocenters. The Morgan fingerprint density at radius 1 is 1.04 bits per heavy atom. The van der Waals surface area contributed by atoms with Gasteiger partial charge in [0.25, 0.3) is 5.56 Å². The van der Waals surface area contributed by atoms with Gasteiger partial charge in [-0.05, 0) is 54.2 Å². The van der Waals surface area contributed by atoms with Gasteiger partial charge in [-0.3, -0.25) is 14.6 Å². The van der Waals surface area contributed by atoms with E-state index in [0.29, 0.717) is 11.3 Å². The molecular formula is C21H19N3O3. The highest BCUT2D eigenvalue weighted by molar-refractivity contribution is 5.92. The van der Waals surface area contributed by atoms with Crippen LogP contribution in [0.5, 0.6) is 0 Å². The van der Waals surface area contributed by atoms with E-state index in [0.717, 1.165) is 12.1 Å². The summed E-state index contributed by atoms with van der Waals surface area (Å²) in [6.45, 7) is 1.65. The van der Waals surface area contributed by atoms with E-state index in [2.05, 4.69) is 27.4 Å². The highest BCUT2D eigenvalue weighted by Crippen LogP contribution is 2.37. The maximum absolute atomic E-state index is 12.3. The molecule has 1 amide bonds. The zero-order valence-electron chi connectivity index (χ0n) is 14.9. The quantitative estimate of drug-likeness (QED) is 0.521. The van der Waals surface area contributed by atoms with Crippen molar-refractivity contribution < 1.29 is 4.79 Å². The summed E-state index contributed by atoms with van der Waals surface area (Å²) in [6.07, 6.45) is 1.29. The van der Waals surface area contributed by atoms with E-state index in [1.165, 1.54) is 22.3 Å². The van der Waals surface area contributed by atoms with Crippen molar-refractivity contribution in [2.24, 2.45) is 0 Å². The summed E-state index contributed by atoms with van der Waals surface area (Å²) < 4.78 is 0. The first kappa shape index (κ1) is 17.0. The number of anilines is 1. The first-order chi connectivity index (χ1) is 13.0. The fourth-order valence-corrected chi connectivity index (χ4v) is 3.61. The molecule has 1 aliphatic rings. The standard InChI is InChI=1S/C21H19N3O3/c1-12-16(20(26)24-21(27)22-12)8-9-19(25)23-15-6-7-18-14(11-15)10-13-4-2-3-5-17(13)18/h2-7,11H,8-10H2,1H3,(H,23,25)(H2,22,24,26,27). The SMILES string of the molecule is Cc1[nH]c(=O)[nH]c(=O)c1CCC(=O)Nc1ccc2c(c1)Cc1ccccc1-2. The topological polar surface area (TPSA) is 94.8 Å². The minimum atomic E-state index is -0.537. The number of amides is 1. The van der Waals surface area contributed by atoms with Gasteiger partial charge in [0.15, 0.2) is 0 Å².